The van der Waals surface area contributed by atoms with Gasteiger partial charge in [-0.25, -0.2) is 27.0 Å². The topological polar surface area (TPSA) is 103 Å². The molecule has 3 rings (SSSR count). The zero-order valence-corrected chi connectivity index (χ0v) is 21.8. The normalized spacial score (nSPS) is 10.5. The number of nitrogens with zero attached hydrogens (tertiary/aromatic N) is 2. The van der Waals surface area contributed by atoms with Gasteiger partial charge in [-0.1, -0.05) is 23.7 Å². The number of carbonyl (C=O) groups excluding carboxylic acids is 1. The third-order valence-electron chi connectivity index (χ3n) is 4.56. The molecule has 0 saturated heterocycles. The van der Waals surface area contributed by atoms with Crippen molar-refractivity contribution in [3.05, 3.63) is 71.4 Å². The Bertz CT molecular complexity index is 1300. The number of hydrogen-bond donors (Lipinski definition) is 3. The maximum absolute atomic E-state index is 14.8. The van der Waals surface area contributed by atoms with E-state index in [9.17, 15) is 26.0 Å². The van der Waals surface area contributed by atoms with E-state index in [1.807, 2.05) is 43.3 Å². The second-order valence-electron chi connectivity index (χ2n) is 7.12. The molecule has 0 bridgehead atoms. The van der Waals surface area contributed by atoms with Crippen LogP contribution in [0.4, 0.5) is 45.2 Å². The molecule has 0 amide bonds. The SMILES string of the molecule is CNCCN(C)c1ccccc1Nc1cc(F)c(S(=O)(=O)Nc2ccc(F)cn2)cc1Cl.Cl.O=C(F)F. The van der Waals surface area contributed by atoms with Crippen LogP contribution in [-0.2, 0) is 10.0 Å². The average molecular weight is 584 g/mol. The van der Waals surface area contributed by atoms with Crippen molar-refractivity contribution in [1.82, 2.24) is 10.3 Å². The number of pyridine rings is 1. The minimum Gasteiger partial charge on any atom is -0.372 e. The maximum Gasteiger partial charge on any atom is 0.483 e. The molecule has 8 nitrogen and oxygen atoms in total. The Morgan fingerprint density at radius 2 is 1.73 bits per heavy atom. The Hall–Kier alpha value is -3.13. The highest BCUT2D eigenvalue weighted by molar-refractivity contribution is 7.92. The molecule has 1 heterocycles. The number of rotatable bonds is 9. The summed E-state index contributed by atoms with van der Waals surface area (Å²) in [6.07, 6.45) is -1.99. The molecule has 1 aromatic heterocycles. The summed E-state index contributed by atoms with van der Waals surface area (Å²) in [5.74, 6) is -1.79. The van der Waals surface area contributed by atoms with Crippen LogP contribution < -0.4 is 20.3 Å². The summed E-state index contributed by atoms with van der Waals surface area (Å²) in [5, 5.41) is 6.15. The molecule has 37 heavy (non-hydrogen) atoms. The molecule has 0 fully saturated rings. The molecule has 0 aliphatic heterocycles. The molecule has 3 aromatic rings. The summed E-state index contributed by atoms with van der Waals surface area (Å²) in [6.45, 7) is 1.50. The highest BCUT2D eigenvalue weighted by Gasteiger charge is 2.22. The van der Waals surface area contributed by atoms with E-state index in [0.29, 0.717) is 5.69 Å². The molecule has 0 radical (unpaired) electrons. The number of benzene rings is 2. The Kier molecular flexibility index (Phi) is 12.6. The molecule has 0 atom stereocenters. The summed E-state index contributed by atoms with van der Waals surface area (Å²) in [7, 11) is -0.558. The van der Waals surface area contributed by atoms with Crippen LogP contribution in [0.25, 0.3) is 0 Å². The molecule has 3 N–H and O–H groups in total. The molecule has 202 valence electrons. The number of nitrogens with one attached hydrogen (secondary N) is 3. The number of aromatic nitrogens is 1. The largest absolute Gasteiger partial charge is 0.483 e. The smallest absolute Gasteiger partial charge is 0.372 e. The van der Waals surface area contributed by atoms with Crippen molar-refractivity contribution >= 4 is 63.2 Å². The fraction of sp³-hybridized carbons (Fsp3) is 0.182. The van der Waals surface area contributed by atoms with E-state index >= 15 is 0 Å². The van der Waals surface area contributed by atoms with Crippen LogP contribution in [0, 0.1) is 11.6 Å². The van der Waals surface area contributed by atoms with Gasteiger partial charge in [-0.2, -0.15) is 0 Å². The van der Waals surface area contributed by atoms with Gasteiger partial charge in [-0.05, 0) is 37.4 Å². The maximum atomic E-state index is 14.8. The predicted molar refractivity (Wildman–Crippen MR) is 138 cm³/mol. The standard InChI is InChI=1S/C21H22ClF2N5O2S.CF2O.ClH/c1-25-9-10-29(2)19-6-4-3-5-17(19)27-18-12-16(24)20(11-15(18)22)32(30,31)28-21-8-7-14(23)13-26-21;2-1(3)4;/h3-8,11-13,25,27H,9-10H2,1-2H3,(H,26,28);;1H. The lowest BCUT2D eigenvalue weighted by Gasteiger charge is -2.23. The zero-order chi connectivity index (χ0) is 26.9. The third-order valence-corrected chi connectivity index (χ3v) is 6.24. The van der Waals surface area contributed by atoms with Gasteiger partial charge in [0.15, 0.2) is 0 Å². The monoisotopic (exact) mass is 583 g/mol. The van der Waals surface area contributed by atoms with E-state index in [1.54, 1.807) is 0 Å². The lowest BCUT2D eigenvalue weighted by molar-refractivity contribution is 0.199. The Morgan fingerprint density at radius 1 is 1.08 bits per heavy atom. The van der Waals surface area contributed by atoms with Crippen LogP contribution in [0.1, 0.15) is 0 Å². The molecule has 15 heteroatoms. The van der Waals surface area contributed by atoms with Crippen LogP contribution in [0.15, 0.2) is 59.6 Å². The van der Waals surface area contributed by atoms with Crippen molar-refractivity contribution in [2.45, 2.75) is 4.90 Å². The second-order valence-corrected chi connectivity index (χ2v) is 9.18. The van der Waals surface area contributed by atoms with Gasteiger partial charge in [0.05, 0.1) is 28.3 Å². The molecular weight excluding hydrogens is 561 g/mol. The van der Waals surface area contributed by atoms with Crippen LogP contribution in [0.2, 0.25) is 5.02 Å². The summed E-state index contributed by atoms with van der Waals surface area (Å²) in [4.78, 5) is 13.1. The Balaban J connectivity index is 0.00000127. The molecule has 0 aliphatic rings. The van der Waals surface area contributed by atoms with Crippen LogP contribution in [-0.4, -0.2) is 46.9 Å². The van der Waals surface area contributed by atoms with Gasteiger partial charge in [0.1, 0.15) is 22.3 Å². The number of hydrogen-bond acceptors (Lipinski definition) is 7. The molecule has 0 spiro atoms. The predicted octanol–water partition coefficient (Wildman–Crippen LogP) is 5.68. The van der Waals surface area contributed by atoms with Gasteiger partial charge in [0.25, 0.3) is 10.0 Å². The van der Waals surface area contributed by atoms with Crippen LogP contribution >= 0.6 is 24.0 Å². The summed E-state index contributed by atoms with van der Waals surface area (Å²) in [5.41, 5.74) is 1.74. The number of para-hydroxylation sites is 2. The van der Waals surface area contributed by atoms with Gasteiger partial charge in [0, 0.05) is 26.2 Å². The Morgan fingerprint density at radius 3 is 2.32 bits per heavy atom. The van der Waals surface area contributed by atoms with E-state index < -0.39 is 32.8 Å². The van der Waals surface area contributed by atoms with Gasteiger partial charge in [0.2, 0.25) is 0 Å². The first-order chi connectivity index (χ1) is 16.9. The van der Waals surface area contributed by atoms with E-state index in [4.69, 9.17) is 16.4 Å². The number of likely N-dealkylation sites (N-methyl/N-ethyl adjacent to an activating group) is 2. The summed E-state index contributed by atoms with van der Waals surface area (Å²) >= 11 is 6.29. The van der Waals surface area contributed by atoms with Crippen LogP contribution in [0.3, 0.4) is 0 Å². The highest BCUT2D eigenvalue weighted by atomic mass is 35.5. The molecular formula is C22H23Cl2F4N5O3S. The van der Waals surface area contributed by atoms with Crippen molar-refractivity contribution < 1.29 is 30.8 Å². The van der Waals surface area contributed by atoms with E-state index in [-0.39, 0.29) is 28.9 Å². The summed E-state index contributed by atoms with van der Waals surface area (Å²) in [6, 6.07) is 11.6. The van der Waals surface area contributed by atoms with Gasteiger partial charge < -0.3 is 15.5 Å². The first kappa shape index (κ1) is 31.9. The van der Waals surface area contributed by atoms with Crippen LogP contribution in [0.5, 0.6) is 0 Å². The van der Waals surface area contributed by atoms with Crippen molar-refractivity contribution in [3.8, 4) is 0 Å². The minimum absolute atomic E-state index is 0. The summed E-state index contributed by atoms with van der Waals surface area (Å²) < 4.78 is 74.5. The van der Waals surface area contributed by atoms with Gasteiger partial charge in [-0.3, -0.25) is 4.72 Å². The number of carbonyl (C=O) groups is 1. The molecule has 0 saturated carbocycles. The van der Waals surface area contributed by atoms with E-state index in [2.05, 4.69) is 20.3 Å². The molecule has 2 aromatic carbocycles. The van der Waals surface area contributed by atoms with Crippen molar-refractivity contribution in [3.63, 3.8) is 0 Å². The number of halogens is 6. The molecule has 0 unspecified atom stereocenters. The molecule has 0 aliphatic carbocycles. The quantitative estimate of drug-likeness (QED) is 0.220. The first-order valence-corrected chi connectivity index (χ1v) is 12.0. The number of anilines is 4. The highest BCUT2D eigenvalue weighted by Crippen LogP contribution is 2.34. The third kappa shape index (κ3) is 9.69. The lowest BCUT2D eigenvalue weighted by atomic mass is 10.2. The van der Waals surface area contributed by atoms with E-state index in [0.717, 1.165) is 49.2 Å². The lowest BCUT2D eigenvalue weighted by Crippen LogP contribution is -2.27. The zero-order valence-electron chi connectivity index (χ0n) is 19.4. The average Bonchev–Trinajstić information content (AvgIpc) is 2.81. The fourth-order valence-electron chi connectivity index (χ4n) is 2.92. The fourth-order valence-corrected chi connectivity index (χ4v) is 4.29. The van der Waals surface area contributed by atoms with E-state index in [1.165, 1.54) is 0 Å². The number of sulfonamides is 1. The Labute approximate surface area is 222 Å². The van der Waals surface area contributed by atoms with Gasteiger partial charge >= 0.3 is 6.29 Å². The van der Waals surface area contributed by atoms with Gasteiger partial charge in [-0.15, -0.1) is 21.2 Å². The second kappa shape index (κ2) is 14.6. The first-order valence-electron chi connectivity index (χ1n) is 10.1. The van der Waals surface area contributed by atoms with Crippen molar-refractivity contribution in [2.24, 2.45) is 0 Å². The minimum atomic E-state index is -4.34. The van der Waals surface area contributed by atoms with Crippen molar-refractivity contribution in [1.29, 1.82) is 0 Å². The van der Waals surface area contributed by atoms with Crippen molar-refractivity contribution in [2.75, 3.05) is 42.1 Å².